The number of carbonyl (C=O) groups excluding carboxylic acids is 1. The van der Waals surface area contributed by atoms with Crippen molar-refractivity contribution in [3.05, 3.63) is 65.2 Å². The third-order valence-corrected chi connectivity index (χ3v) is 5.94. The molecule has 2 aliphatic rings. The van der Waals surface area contributed by atoms with E-state index >= 15 is 0 Å². The fraction of sp³-hybridized carbons (Fsp3) is 0.318. The number of benzene rings is 2. The summed E-state index contributed by atoms with van der Waals surface area (Å²) in [6.07, 6.45) is 3.57. The summed E-state index contributed by atoms with van der Waals surface area (Å²) in [5, 5.41) is 11.5. The minimum atomic E-state index is -1.12. The van der Waals surface area contributed by atoms with Crippen LogP contribution < -0.4 is 4.74 Å². The topological polar surface area (TPSA) is 46.5 Å². The molecule has 1 saturated carbocycles. The first kappa shape index (κ1) is 16.1. The van der Waals surface area contributed by atoms with Crippen molar-refractivity contribution in [3.63, 3.8) is 0 Å². The number of fused-ring (bicyclic) bond motifs is 3. The number of Topliss-reactive ketones (excluding diaryl/α,β-unsaturated/α-hetero) is 1. The second-order valence-electron chi connectivity index (χ2n) is 7.28. The van der Waals surface area contributed by atoms with Gasteiger partial charge in [-0.1, -0.05) is 42.5 Å². The molecule has 0 heterocycles. The molecule has 1 N–H and O–H groups in total. The lowest BCUT2D eigenvalue weighted by molar-refractivity contribution is -0.136. The van der Waals surface area contributed by atoms with Gasteiger partial charge in [-0.2, -0.15) is 0 Å². The summed E-state index contributed by atoms with van der Waals surface area (Å²) in [4.78, 5) is 12.7. The number of ether oxygens (including phenoxy) is 1. The van der Waals surface area contributed by atoms with Crippen LogP contribution in [0.1, 0.15) is 42.9 Å². The molecule has 3 nitrogen and oxygen atoms in total. The molecular formula is C22H22O3. The molecule has 2 aromatic rings. The van der Waals surface area contributed by atoms with Crippen LogP contribution in [0.15, 0.2) is 48.5 Å². The molecule has 0 aliphatic heterocycles. The Balaban J connectivity index is 1.95. The Kier molecular flexibility index (Phi) is 3.58. The van der Waals surface area contributed by atoms with Crippen LogP contribution in [-0.2, 0) is 10.4 Å². The number of hydrogen-bond donors (Lipinski definition) is 1. The van der Waals surface area contributed by atoms with E-state index in [0.29, 0.717) is 25.0 Å². The Morgan fingerprint density at radius 1 is 1.16 bits per heavy atom. The Labute approximate surface area is 148 Å². The van der Waals surface area contributed by atoms with Crippen LogP contribution >= 0.6 is 0 Å². The maximum absolute atomic E-state index is 12.7. The second kappa shape index (κ2) is 5.57. The predicted molar refractivity (Wildman–Crippen MR) is 98.2 cm³/mol. The van der Waals surface area contributed by atoms with Gasteiger partial charge in [0.1, 0.15) is 17.1 Å². The Hall–Kier alpha value is -2.39. The number of allylic oxidation sites excluding steroid dienone is 1. The molecule has 25 heavy (non-hydrogen) atoms. The van der Waals surface area contributed by atoms with Gasteiger partial charge in [-0.05, 0) is 54.2 Å². The summed E-state index contributed by atoms with van der Waals surface area (Å²) in [6, 6.07) is 15.9. The van der Waals surface area contributed by atoms with Crippen molar-refractivity contribution in [3.8, 4) is 5.75 Å². The van der Waals surface area contributed by atoms with Crippen molar-refractivity contribution in [2.45, 2.75) is 31.8 Å². The third kappa shape index (κ3) is 2.26. The van der Waals surface area contributed by atoms with E-state index in [9.17, 15) is 9.90 Å². The van der Waals surface area contributed by atoms with E-state index < -0.39 is 11.0 Å². The normalized spacial score (nSPS) is 29.4. The van der Waals surface area contributed by atoms with Gasteiger partial charge in [0.2, 0.25) is 0 Å². The first-order valence-electron chi connectivity index (χ1n) is 8.68. The molecule has 0 unspecified atom stereocenters. The summed E-state index contributed by atoms with van der Waals surface area (Å²) >= 11 is 0. The van der Waals surface area contributed by atoms with E-state index in [1.54, 1.807) is 7.11 Å². The molecule has 128 valence electrons. The molecule has 1 fully saturated rings. The third-order valence-electron chi connectivity index (χ3n) is 5.94. The van der Waals surface area contributed by atoms with Crippen LogP contribution in [0.2, 0.25) is 0 Å². The van der Waals surface area contributed by atoms with Crippen LogP contribution in [-0.4, -0.2) is 18.0 Å². The molecule has 0 amide bonds. The van der Waals surface area contributed by atoms with Crippen LogP contribution in [0.3, 0.4) is 0 Å². The molecule has 2 aromatic carbocycles. The van der Waals surface area contributed by atoms with Crippen molar-refractivity contribution in [2.75, 3.05) is 7.11 Å². The molecule has 0 radical (unpaired) electrons. The fourth-order valence-electron chi connectivity index (χ4n) is 4.38. The monoisotopic (exact) mass is 334 g/mol. The zero-order chi connectivity index (χ0) is 17.7. The summed E-state index contributed by atoms with van der Waals surface area (Å²) < 4.78 is 5.37. The number of methoxy groups -OCH3 is 1. The van der Waals surface area contributed by atoms with Crippen molar-refractivity contribution in [2.24, 2.45) is 5.41 Å². The van der Waals surface area contributed by atoms with Crippen molar-refractivity contribution < 1.29 is 14.6 Å². The highest BCUT2D eigenvalue weighted by molar-refractivity contribution is 5.96. The number of aliphatic hydroxyl groups is 1. The lowest BCUT2D eigenvalue weighted by Crippen LogP contribution is -2.46. The van der Waals surface area contributed by atoms with Gasteiger partial charge in [0.05, 0.1) is 12.5 Å². The molecule has 2 aliphatic carbocycles. The lowest BCUT2D eigenvalue weighted by atomic mass is 9.61. The van der Waals surface area contributed by atoms with Gasteiger partial charge in [-0.25, -0.2) is 0 Å². The predicted octanol–water partition coefficient (Wildman–Crippen LogP) is 4.20. The quantitative estimate of drug-likeness (QED) is 0.895. The van der Waals surface area contributed by atoms with E-state index in [0.717, 1.165) is 22.3 Å². The Bertz CT molecular complexity index is 868. The average molecular weight is 334 g/mol. The zero-order valence-electron chi connectivity index (χ0n) is 14.6. The van der Waals surface area contributed by atoms with E-state index in [-0.39, 0.29) is 5.78 Å². The van der Waals surface area contributed by atoms with E-state index in [1.807, 2.05) is 43.3 Å². The van der Waals surface area contributed by atoms with Crippen molar-refractivity contribution in [1.82, 2.24) is 0 Å². The minimum absolute atomic E-state index is 0.141. The van der Waals surface area contributed by atoms with Crippen molar-refractivity contribution >= 4 is 17.4 Å². The summed E-state index contributed by atoms with van der Waals surface area (Å²) in [7, 11) is 1.62. The zero-order valence-corrected chi connectivity index (χ0v) is 14.6. The first-order chi connectivity index (χ1) is 12.0. The second-order valence-corrected chi connectivity index (χ2v) is 7.28. The molecule has 3 heteroatoms. The standard InChI is InChI=1S/C22H22O3/c1-21-14-16(12-15-6-4-3-5-7-15)18-9-8-17(25-2)13-19(18)22(21,24)11-10-20(21)23/h3-9,12-13,24H,10-11,14H2,1-2H3/b16-12+/t21-,22+/m0/s1. The SMILES string of the molecule is COc1ccc2c(c1)[C@]1(O)CCC(=O)[C@]1(C)C/C2=C\c1ccccc1. The van der Waals surface area contributed by atoms with E-state index in [4.69, 9.17) is 4.74 Å². The molecule has 0 bridgehead atoms. The van der Waals surface area contributed by atoms with Crippen LogP contribution in [0.4, 0.5) is 0 Å². The maximum atomic E-state index is 12.7. The first-order valence-corrected chi connectivity index (χ1v) is 8.68. The summed E-state index contributed by atoms with van der Waals surface area (Å²) in [6.45, 7) is 1.91. The average Bonchev–Trinajstić information content (AvgIpc) is 2.87. The van der Waals surface area contributed by atoms with Gasteiger partial charge in [-0.15, -0.1) is 0 Å². The lowest BCUT2D eigenvalue weighted by Gasteiger charge is -2.44. The number of rotatable bonds is 2. The van der Waals surface area contributed by atoms with Gasteiger partial charge >= 0.3 is 0 Å². The van der Waals surface area contributed by atoms with Gasteiger partial charge in [0.15, 0.2) is 0 Å². The van der Waals surface area contributed by atoms with Gasteiger partial charge < -0.3 is 9.84 Å². The molecule has 0 aromatic heterocycles. The number of ketones is 1. The molecule has 2 atom stereocenters. The van der Waals surface area contributed by atoms with Crippen LogP contribution in [0, 0.1) is 5.41 Å². The largest absolute Gasteiger partial charge is 0.497 e. The summed E-state index contributed by atoms with van der Waals surface area (Å²) in [5.74, 6) is 0.845. The van der Waals surface area contributed by atoms with Crippen LogP contribution in [0.25, 0.3) is 11.6 Å². The van der Waals surface area contributed by atoms with E-state index in [2.05, 4.69) is 18.2 Å². The highest BCUT2D eigenvalue weighted by Crippen LogP contribution is 2.59. The van der Waals surface area contributed by atoms with Gasteiger partial charge in [0.25, 0.3) is 0 Å². The molecule has 0 saturated heterocycles. The fourth-order valence-corrected chi connectivity index (χ4v) is 4.38. The Morgan fingerprint density at radius 2 is 1.92 bits per heavy atom. The van der Waals surface area contributed by atoms with Gasteiger partial charge in [-0.3, -0.25) is 4.79 Å². The highest BCUT2D eigenvalue weighted by Gasteiger charge is 2.60. The highest BCUT2D eigenvalue weighted by atomic mass is 16.5. The van der Waals surface area contributed by atoms with Crippen molar-refractivity contribution in [1.29, 1.82) is 0 Å². The van der Waals surface area contributed by atoms with Gasteiger partial charge in [0, 0.05) is 6.42 Å². The van der Waals surface area contributed by atoms with E-state index in [1.165, 1.54) is 0 Å². The number of carbonyl (C=O) groups is 1. The maximum Gasteiger partial charge on any atom is 0.142 e. The Morgan fingerprint density at radius 3 is 2.64 bits per heavy atom. The number of hydrogen-bond acceptors (Lipinski definition) is 3. The molecule has 4 rings (SSSR count). The summed E-state index contributed by atoms with van der Waals surface area (Å²) in [5.41, 5.74) is 2.10. The molecule has 0 spiro atoms. The van der Waals surface area contributed by atoms with Crippen LogP contribution in [0.5, 0.6) is 5.75 Å². The smallest absolute Gasteiger partial charge is 0.142 e. The minimum Gasteiger partial charge on any atom is -0.497 e. The molecular weight excluding hydrogens is 312 g/mol.